The van der Waals surface area contributed by atoms with Gasteiger partial charge in [0, 0.05) is 24.6 Å². The van der Waals surface area contributed by atoms with Crippen LogP contribution in [0.2, 0.25) is 0 Å². The Labute approximate surface area is 147 Å². The molecule has 0 spiro atoms. The van der Waals surface area contributed by atoms with Crippen molar-refractivity contribution in [3.05, 3.63) is 53.5 Å². The highest BCUT2D eigenvalue weighted by Crippen LogP contribution is 2.47. The van der Waals surface area contributed by atoms with Crippen molar-refractivity contribution in [1.82, 2.24) is 5.32 Å². The fourth-order valence-electron chi connectivity index (χ4n) is 2.75. The Balaban J connectivity index is 1.55. The van der Waals surface area contributed by atoms with Crippen LogP contribution in [0.4, 0.5) is 0 Å². The maximum absolute atomic E-state index is 12.0. The van der Waals surface area contributed by atoms with Crippen LogP contribution in [0.25, 0.3) is 6.08 Å². The number of rotatable bonds is 7. The highest BCUT2D eigenvalue weighted by Gasteiger charge is 2.36. The van der Waals surface area contributed by atoms with E-state index < -0.39 is 0 Å². The lowest BCUT2D eigenvalue weighted by atomic mass is 10.2. The highest BCUT2D eigenvalue weighted by molar-refractivity contribution is 5.91. The molecule has 0 aliphatic heterocycles. The molecule has 5 nitrogen and oxygen atoms in total. The van der Waals surface area contributed by atoms with E-state index in [2.05, 4.69) is 12.2 Å². The topological polar surface area (TPSA) is 60.7 Å². The Hall–Kier alpha value is -2.69. The molecule has 0 bridgehead atoms. The second-order valence-electron chi connectivity index (χ2n) is 6.33. The molecule has 5 heteroatoms. The van der Waals surface area contributed by atoms with Gasteiger partial charge in [0.2, 0.25) is 5.91 Å². The van der Waals surface area contributed by atoms with Crippen molar-refractivity contribution in [2.75, 3.05) is 14.2 Å². The molecule has 3 rings (SSSR count). The van der Waals surface area contributed by atoms with Crippen molar-refractivity contribution in [1.29, 1.82) is 0 Å². The van der Waals surface area contributed by atoms with Crippen molar-refractivity contribution >= 4 is 12.0 Å². The minimum atomic E-state index is -0.181. The summed E-state index contributed by atoms with van der Waals surface area (Å²) in [7, 11) is 3.19. The Kier molecular flexibility index (Phi) is 5.12. The zero-order chi connectivity index (χ0) is 17.8. The third-order valence-electron chi connectivity index (χ3n) is 4.40. The summed E-state index contributed by atoms with van der Waals surface area (Å²) >= 11 is 0. The van der Waals surface area contributed by atoms with Crippen LogP contribution in [-0.2, 0) is 11.3 Å². The van der Waals surface area contributed by atoms with Crippen molar-refractivity contribution in [3.8, 4) is 11.5 Å². The number of hydrogen-bond donors (Lipinski definition) is 1. The van der Waals surface area contributed by atoms with Gasteiger partial charge >= 0.3 is 0 Å². The molecule has 0 radical (unpaired) electrons. The molecule has 132 valence electrons. The normalized spacial score (nSPS) is 19.0. The van der Waals surface area contributed by atoms with E-state index in [1.54, 1.807) is 26.4 Å². The number of benzene rings is 1. The molecule has 1 N–H and O–H groups in total. The molecule has 1 amide bonds. The lowest BCUT2D eigenvalue weighted by Crippen LogP contribution is -2.20. The Morgan fingerprint density at radius 3 is 2.52 bits per heavy atom. The van der Waals surface area contributed by atoms with Gasteiger partial charge in [-0.05, 0) is 48.2 Å². The van der Waals surface area contributed by atoms with Gasteiger partial charge in [-0.3, -0.25) is 4.79 Å². The molecule has 1 aliphatic carbocycles. The lowest BCUT2D eigenvalue weighted by Gasteiger charge is -2.08. The number of carbonyl (C=O) groups excluding carboxylic acids is 1. The van der Waals surface area contributed by atoms with Crippen LogP contribution in [0.1, 0.15) is 36.3 Å². The quantitative estimate of drug-likeness (QED) is 0.779. The van der Waals surface area contributed by atoms with E-state index in [0.717, 1.165) is 11.3 Å². The van der Waals surface area contributed by atoms with Crippen LogP contribution < -0.4 is 14.8 Å². The van der Waals surface area contributed by atoms with Crippen LogP contribution >= 0.6 is 0 Å². The second kappa shape index (κ2) is 7.47. The molecule has 1 aromatic heterocycles. The van der Waals surface area contributed by atoms with E-state index >= 15 is 0 Å². The molecule has 1 heterocycles. The molecule has 2 unspecified atom stereocenters. The number of carbonyl (C=O) groups is 1. The van der Waals surface area contributed by atoms with Gasteiger partial charge in [0.1, 0.15) is 23.0 Å². The molecule has 1 aromatic carbocycles. The predicted molar refractivity (Wildman–Crippen MR) is 95.7 cm³/mol. The zero-order valence-electron chi connectivity index (χ0n) is 14.7. The van der Waals surface area contributed by atoms with E-state index in [9.17, 15) is 4.79 Å². The first kappa shape index (κ1) is 17.1. The van der Waals surface area contributed by atoms with Gasteiger partial charge in [0.05, 0.1) is 14.2 Å². The van der Waals surface area contributed by atoms with Crippen LogP contribution in [0.15, 0.2) is 40.8 Å². The Morgan fingerprint density at radius 2 is 1.92 bits per heavy atom. The molecular formula is C20H23NO4. The first-order chi connectivity index (χ1) is 12.1. The van der Waals surface area contributed by atoms with Gasteiger partial charge in [-0.2, -0.15) is 0 Å². The maximum Gasteiger partial charge on any atom is 0.244 e. The monoisotopic (exact) mass is 341 g/mol. The molecular weight excluding hydrogens is 318 g/mol. The molecule has 1 aliphatic rings. The SMILES string of the molecule is COc1cc(CNC(=O)/C=C/c2ccc(C3CC3C)o2)cc(OC)c1. The summed E-state index contributed by atoms with van der Waals surface area (Å²) in [5, 5.41) is 2.84. The van der Waals surface area contributed by atoms with E-state index in [-0.39, 0.29) is 5.91 Å². The number of furan rings is 1. The van der Waals surface area contributed by atoms with Crippen LogP contribution in [0.3, 0.4) is 0 Å². The van der Waals surface area contributed by atoms with Crippen molar-refractivity contribution in [2.45, 2.75) is 25.8 Å². The summed E-state index contributed by atoms with van der Waals surface area (Å²) in [6.45, 7) is 2.60. The Bertz CT molecular complexity index is 756. The number of ether oxygens (including phenoxy) is 2. The first-order valence-corrected chi connectivity index (χ1v) is 8.36. The maximum atomic E-state index is 12.0. The van der Waals surface area contributed by atoms with E-state index in [0.29, 0.717) is 35.6 Å². The van der Waals surface area contributed by atoms with Crippen LogP contribution in [-0.4, -0.2) is 20.1 Å². The number of nitrogens with one attached hydrogen (secondary N) is 1. The van der Waals surface area contributed by atoms with E-state index in [4.69, 9.17) is 13.9 Å². The largest absolute Gasteiger partial charge is 0.497 e. The summed E-state index contributed by atoms with van der Waals surface area (Å²) in [5.74, 6) is 4.15. The van der Waals surface area contributed by atoms with Crippen molar-refractivity contribution < 1.29 is 18.7 Å². The minimum absolute atomic E-state index is 0.181. The summed E-state index contributed by atoms with van der Waals surface area (Å²) in [5.41, 5.74) is 0.904. The number of hydrogen-bond acceptors (Lipinski definition) is 4. The van der Waals surface area contributed by atoms with E-state index in [1.165, 1.54) is 12.5 Å². The van der Waals surface area contributed by atoms with Gasteiger partial charge in [-0.1, -0.05) is 6.92 Å². The smallest absolute Gasteiger partial charge is 0.244 e. The van der Waals surface area contributed by atoms with Gasteiger partial charge in [0.25, 0.3) is 0 Å². The summed E-state index contributed by atoms with van der Waals surface area (Å²) in [6.07, 6.45) is 4.36. The third-order valence-corrected chi connectivity index (χ3v) is 4.40. The number of methoxy groups -OCH3 is 2. The molecule has 0 saturated heterocycles. The molecule has 2 atom stereocenters. The summed E-state index contributed by atoms with van der Waals surface area (Å²) in [4.78, 5) is 12.0. The zero-order valence-corrected chi connectivity index (χ0v) is 14.7. The van der Waals surface area contributed by atoms with Gasteiger partial charge in [0.15, 0.2) is 0 Å². The van der Waals surface area contributed by atoms with Crippen LogP contribution in [0, 0.1) is 5.92 Å². The molecule has 2 aromatic rings. The second-order valence-corrected chi connectivity index (χ2v) is 6.33. The lowest BCUT2D eigenvalue weighted by molar-refractivity contribution is -0.116. The van der Waals surface area contributed by atoms with Gasteiger partial charge < -0.3 is 19.2 Å². The molecule has 1 fully saturated rings. The first-order valence-electron chi connectivity index (χ1n) is 8.36. The van der Waals surface area contributed by atoms with E-state index in [1.807, 2.05) is 24.3 Å². The van der Waals surface area contributed by atoms with Gasteiger partial charge in [-0.25, -0.2) is 0 Å². The van der Waals surface area contributed by atoms with Gasteiger partial charge in [-0.15, -0.1) is 0 Å². The molecule has 25 heavy (non-hydrogen) atoms. The highest BCUT2D eigenvalue weighted by atomic mass is 16.5. The predicted octanol–water partition coefficient (Wildman–Crippen LogP) is 3.75. The average molecular weight is 341 g/mol. The van der Waals surface area contributed by atoms with Crippen LogP contribution in [0.5, 0.6) is 11.5 Å². The third kappa shape index (κ3) is 4.44. The van der Waals surface area contributed by atoms with Crippen molar-refractivity contribution in [2.24, 2.45) is 5.92 Å². The van der Waals surface area contributed by atoms with Crippen molar-refractivity contribution in [3.63, 3.8) is 0 Å². The summed E-state index contributed by atoms with van der Waals surface area (Å²) in [6, 6.07) is 9.41. The summed E-state index contributed by atoms with van der Waals surface area (Å²) < 4.78 is 16.2. The minimum Gasteiger partial charge on any atom is -0.497 e. The fraction of sp³-hybridized carbons (Fsp3) is 0.350. The Morgan fingerprint density at radius 1 is 1.24 bits per heavy atom. The standard InChI is InChI=1S/C20H23NO4/c1-13-8-18(13)19-6-4-15(25-19)5-7-20(22)21-12-14-9-16(23-2)11-17(10-14)24-3/h4-7,9-11,13,18H,8,12H2,1-3H3,(H,21,22)/b7-5+. The number of amides is 1. The molecule has 1 saturated carbocycles. The average Bonchev–Trinajstić information content (AvgIpc) is 3.17. The fourth-order valence-corrected chi connectivity index (χ4v) is 2.75.